The highest BCUT2D eigenvalue weighted by Crippen LogP contribution is 2.20. The zero-order valence-electron chi connectivity index (χ0n) is 15.5. The number of hydrogen-bond acceptors (Lipinski definition) is 5. The number of carbonyl (C=O) groups is 1. The van der Waals surface area contributed by atoms with Gasteiger partial charge in [-0.15, -0.1) is 0 Å². The van der Waals surface area contributed by atoms with Crippen molar-refractivity contribution in [3.05, 3.63) is 59.2 Å². The number of benzene rings is 2. The van der Waals surface area contributed by atoms with E-state index >= 15 is 0 Å². The van der Waals surface area contributed by atoms with Gasteiger partial charge in [-0.25, -0.2) is 9.97 Å². The number of rotatable bonds is 5. The van der Waals surface area contributed by atoms with Gasteiger partial charge in [-0.2, -0.15) is 0 Å². The maximum absolute atomic E-state index is 12.3. The molecule has 4 rings (SSSR count). The minimum Gasteiger partial charge on any atom is -0.338 e. The SMILES string of the molecule is O=C(CCc1ccc(Cl)cc1)Nc1ccc2nc(N3CCNCC3)ncc2c1. The van der Waals surface area contributed by atoms with Gasteiger partial charge in [0.05, 0.1) is 5.52 Å². The van der Waals surface area contributed by atoms with Crippen molar-refractivity contribution >= 4 is 40.0 Å². The maximum atomic E-state index is 12.3. The highest BCUT2D eigenvalue weighted by Gasteiger charge is 2.13. The lowest BCUT2D eigenvalue weighted by Crippen LogP contribution is -2.44. The van der Waals surface area contributed by atoms with Gasteiger partial charge in [-0.3, -0.25) is 4.79 Å². The Morgan fingerprint density at radius 3 is 2.71 bits per heavy atom. The van der Waals surface area contributed by atoms with Crippen molar-refractivity contribution < 1.29 is 4.79 Å². The predicted octanol–water partition coefficient (Wildman–Crippen LogP) is 3.26. The van der Waals surface area contributed by atoms with Gasteiger partial charge in [0.1, 0.15) is 0 Å². The van der Waals surface area contributed by atoms with Crippen LogP contribution in [0.4, 0.5) is 11.6 Å². The normalized spacial score (nSPS) is 14.2. The van der Waals surface area contributed by atoms with Crippen LogP contribution in [0.5, 0.6) is 0 Å². The number of halogens is 1. The van der Waals surface area contributed by atoms with Gasteiger partial charge in [-0.05, 0) is 42.3 Å². The molecule has 6 nitrogen and oxygen atoms in total. The van der Waals surface area contributed by atoms with Gasteiger partial charge < -0.3 is 15.5 Å². The van der Waals surface area contributed by atoms with Gasteiger partial charge in [0.2, 0.25) is 11.9 Å². The fraction of sp³-hybridized carbons (Fsp3) is 0.286. The molecule has 2 N–H and O–H groups in total. The summed E-state index contributed by atoms with van der Waals surface area (Å²) in [6.07, 6.45) is 2.91. The fourth-order valence-corrected chi connectivity index (χ4v) is 3.38. The van der Waals surface area contributed by atoms with E-state index in [1.54, 1.807) is 0 Å². The topological polar surface area (TPSA) is 70.2 Å². The third kappa shape index (κ3) is 4.58. The molecule has 2 aromatic carbocycles. The van der Waals surface area contributed by atoms with E-state index in [4.69, 9.17) is 11.6 Å². The van der Waals surface area contributed by atoms with Crippen LogP contribution < -0.4 is 15.5 Å². The van der Waals surface area contributed by atoms with E-state index < -0.39 is 0 Å². The summed E-state index contributed by atoms with van der Waals surface area (Å²) in [7, 11) is 0. The van der Waals surface area contributed by atoms with Crippen molar-refractivity contribution in [3.63, 3.8) is 0 Å². The summed E-state index contributed by atoms with van der Waals surface area (Å²) in [5.41, 5.74) is 2.72. The first-order valence-electron chi connectivity index (χ1n) is 9.44. The van der Waals surface area contributed by atoms with Gasteiger partial charge in [0.15, 0.2) is 0 Å². The molecular formula is C21H22ClN5O. The third-order valence-electron chi connectivity index (χ3n) is 4.80. The smallest absolute Gasteiger partial charge is 0.225 e. The Labute approximate surface area is 168 Å². The highest BCUT2D eigenvalue weighted by molar-refractivity contribution is 6.30. The van der Waals surface area contributed by atoms with Gasteiger partial charge in [-0.1, -0.05) is 23.7 Å². The summed E-state index contributed by atoms with van der Waals surface area (Å²) in [4.78, 5) is 23.6. The summed E-state index contributed by atoms with van der Waals surface area (Å²) in [5, 5.41) is 7.89. The lowest BCUT2D eigenvalue weighted by Gasteiger charge is -2.27. The zero-order chi connectivity index (χ0) is 19.3. The second-order valence-corrected chi connectivity index (χ2v) is 7.29. The molecule has 2 heterocycles. The van der Waals surface area contributed by atoms with Crippen LogP contribution in [-0.4, -0.2) is 42.1 Å². The van der Waals surface area contributed by atoms with E-state index in [9.17, 15) is 4.79 Å². The molecule has 1 aliphatic heterocycles. The zero-order valence-corrected chi connectivity index (χ0v) is 16.2. The van der Waals surface area contributed by atoms with Gasteiger partial charge >= 0.3 is 0 Å². The quantitative estimate of drug-likeness (QED) is 0.693. The van der Waals surface area contributed by atoms with E-state index in [0.29, 0.717) is 17.9 Å². The van der Waals surface area contributed by atoms with Crippen molar-refractivity contribution in [2.75, 3.05) is 36.4 Å². The van der Waals surface area contributed by atoms with Gasteiger partial charge in [0, 0.05) is 54.9 Å². The summed E-state index contributed by atoms with van der Waals surface area (Å²) < 4.78 is 0. The number of fused-ring (bicyclic) bond motifs is 1. The van der Waals surface area contributed by atoms with Crippen molar-refractivity contribution in [1.82, 2.24) is 15.3 Å². The number of hydrogen-bond donors (Lipinski definition) is 2. The van der Waals surface area contributed by atoms with Crippen molar-refractivity contribution in [2.45, 2.75) is 12.8 Å². The Hall–Kier alpha value is -2.70. The molecule has 1 amide bonds. The molecule has 7 heteroatoms. The molecule has 144 valence electrons. The van der Waals surface area contributed by atoms with Crippen molar-refractivity contribution in [3.8, 4) is 0 Å². The standard InChI is InChI=1S/C21H22ClN5O/c22-17-4-1-15(2-5-17)3-8-20(28)25-18-6-7-19-16(13-18)14-24-21(26-19)27-11-9-23-10-12-27/h1-2,4-7,13-14,23H,3,8-12H2,(H,25,28). The van der Waals surface area contributed by atoms with Crippen LogP contribution in [0.3, 0.4) is 0 Å². The molecule has 28 heavy (non-hydrogen) atoms. The predicted molar refractivity (Wildman–Crippen MR) is 113 cm³/mol. The minimum absolute atomic E-state index is 0.0207. The average molecular weight is 396 g/mol. The number of carbonyl (C=O) groups excluding carboxylic acids is 1. The van der Waals surface area contributed by atoms with Crippen molar-refractivity contribution in [1.29, 1.82) is 0 Å². The number of nitrogens with zero attached hydrogens (tertiary/aromatic N) is 3. The summed E-state index contributed by atoms with van der Waals surface area (Å²) >= 11 is 5.89. The molecule has 0 atom stereocenters. The molecule has 1 aromatic heterocycles. The Morgan fingerprint density at radius 1 is 1.14 bits per heavy atom. The molecule has 0 spiro atoms. The van der Waals surface area contributed by atoms with E-state index in [-0.39, 0.29) is 5.91 Å². The Bertz CT molecular complexity index is 970. The molecular weight excluding hydrogens is 374 g/mol. The van der Waals surface area contributed by atoms with Gasteiger partial charge in [0.25, 0.3) is 0 Å². The van der Waals surface area contributed by atoms with E-state index in [0.717, 1.165) is 54.3 Å². The maximum Gasteiger partial charge on any atom is 0.225 e. The molecule has 0 saturated carbocycles. The summed E-state index contributed by atoms with van der Waals surface area (Å²) in [6.45, 7) is 3.71. The minimum atomic E-state index is -0.0207. The number of anilines is 2. The summed E-state index contributed by atoms with van der Waals surface area (Å²) in [5.74, 6) is 0.737. The first-order chi connectivity index (χ1) is 13.7. The molecule has 1 fully saturated rings. The molecule has 0 aliphatic carbocycles. The molecule has 1 saturated heterocycles. The number of aromatic nitrogens is 2. The van der Waals surface area contributed by atoms with Crippen LogP contribution in [0.1, 0.15) is 12.0 Å². The second-order valence-electron chi connectivity index (χ2n) is 6.86. The average Bonchev–Trinajstić information content (AvgIpc) is 2.73. The monoisotopic (exact) mass is 395 g/mol. The van der Waals surface area contributed by atoms with Crippen LogP contribution in [-0.2, 0) is 11.2 Å². The van der Waals surface area contributed by atoms with E-state index in [1.807, 2.05) is 48.7 Å². The Balaban J connectivity index is 1.39. The molecule has 3 aromatic rings. The molecule has 1 aliphatic rings. The number of aryl methyl sites for hydroxylation is 1. The lowest BCUT2D eigenvalue weighted by atomic mass is 10.1. The highest BCUT2D eigenvalue weighted by atomic mass is 35.5. The van der Waals surface area contributed by atoms with E-state index in [2.05, 4.69) is 25.5 Å². The van der Waals surface area contributed by atoms with E-state index in [1.165, 1.54) is 0 Å². The van der Waals surface area contributed by atoms with Crippen LogP contribution in [0, 0.1) is 0 Å². The molecule has 0 radical (unpaired) electrons. The Kier molecular flexibility index (Phi) is 5.69. The number of piperazine rings is 1. The third-order valence-corrected chi connectivity index (χ3v) is 5.06. The van der Waals surface area contributed by atoms with Crippen LogP contribution >= 0.6 is 11.6 Å². The van der Waals surface area contributed by atoms with Crippen LogP contribution in [0.2, 0.25) is 5.02 Å². The second kappa shape index (κ2) is 8.54. The lowest BCUT2D eigenvalue weighted by molar-refractivity contribution is -0.116. The number of nitrogens with one attached hydrogen (secondary N) is 2. The largest absolute Gasteiger partial charge is 0.338 e. The number of amides is 1. The van der Waals surface area contributed by atoms with Crippen molar-refractivity contribution in [2.24, 2.45) is 0 Å². The first kappa shape index (κ1) is 18.7. The summed E-state index contributed by atoms with van der Waals surface area (Å²) in [6, 6.07) is 13.3. The van der Waals surface area contributed by atoms with Crippen LogP contribution in [0.25, 0.3) is 10.9 Å². The molecule has 0 bridgehead atoms. The van der Waals surface area contributed by atoms with Crippen LogP contribution in [0.15, 0.2) is 48.7 Å². The molecule has 0 unspecified atom stereocenters. The Morgan fingerprint density at radius 2 is 1.93 bits per heavy atom. The fourth-order valence-electron chi connectivity index (χ4n) is 3.25. The first-order valence-corrected chi connectivity index (χ1v) is 9.82.